The van der Waals surface area contributed by atoms with Crippen LogP contribution in [-0.4, -0.2) is 34.3 Å². The van der Waals surface area contributed by atoms with Gasteiger partial charge in [-0.25, -0.2) is 0 Å². The van der Waals surface area contributed by atoms with Crippen molar-refractivity contribution in [3.8, 4) is 0 Å². The molecule has 90 valence electrons. The molecule has 0 bridgehead atoms. The standard InChI is InChI=1S/C13H22N2O/c1-13(11-16)5-8-15(9-6-13)10-12-4-3-7-14(12)2/h3-4,7,16H,5-6,8-11H2,1-2H3. The number of aliphatic hydroxyl groups is 1. The first-order chi connectivity index (χ1) is 7.63. The molecular formula is C13H22N2O. The lowest BCUT2D eigenvalue weighted by Gasteiger charge is -2.38. The number of hydrogen-bond donors (Lipinski definition) is 1. The van der Waals surface area contributed by atoms with E-state index in [2.05, 4.69) is 41.8 Å². The van der Waals surface area contributed by atoms with Crippen LogP contribution in [0, 0.1) is 5.41 Å². The van der Waals surface area contributed by atoms with Crippen molar-refractivity contribution in [2.75, 3.05) is 19.7 Å². The monoisotopic (exact) mass is 222 g/mol. The largest absolute Gasteiger partial charge is 0.396 e. The van der Waals surface area contributed by atoms with Gasteiger partial charge in [-0.3, -0.25) is 4.90 Å². The Bertz CT molecular complexity index is 337. The van der Waals surface area contributed by atoms with Crippen LogP contribution in [0.1, 0.15) is 25.5 Å². The molecule has 0 aliphatic carbocycles. The van der Waals surface area contributed by atoms with Gasteiger partial charge in [-0.2, -0.15) is 0 Å². The summed E-state index contributed by atoms with van der Waals surface area (Å²) in [6.07, 6.45) is 4.30. The van der Waals surface area contributed by atoms with E-state index in [0.717, 1.165) is 32.5 Å². The van der Waals surface area contributed by atoms with Crippen LogP contribution in [0.2, 0.25) is 0 Å². The Morgan fingerprint density at radius 3 is 2.56 bits per heavy atom. The zero-order valence-corrected chi connectivity index (χ0v) is 10.3. The summed E-state index contributed by atoms with van der Waals surface area (Å²) in [5.41, 5.74) is 1.53. The average Bonchev–Trinajstić information content (AvgIpc) is 2.68. The molecule has 3 nitrogen and oxygen atoms in total. The van der Waals surface area contributed by atoms with Gasteiger partial charge in [-0.1, -0.05) is 6.92 Å². The Labute approximate surface area is 97.7 Å². The van der Waals surface area contributed by atoms with Gasteiger partial charge in [0.1, 0.15) is 0 Å². The molecule has 0 radical (unpaired) electrons. The summed E-state index contributed by atoms with van der Waals surface area (Å²) in [5, 5.41) is 9.31. The van der Waals surface area contributed by atoms with Gasteiger partial charge in [-0.05, 0) is 43.5 Å². The van der Waals surface area contributed by atoms with Crippen molar-refractivity contribution in [2.24, 2.45) is 12.5 Å². The minimum Gasteiger partial charge on any atom is -0.396 e. The van der Waals surface area contributed by atoms with Crippen LogP contribution in [-0.2, 0) is 13.6 Å². The highest BCUT2D eigenvalue weighted by Crippen LogP contribution is 2.30. The second-order valence-corrected chi connectivity index (χ2v) is 5.36. The number of rotatable bonds is 3. The fourth-order valence-corrected chi connectivity index (χ4v) is 2.30. The van der Waals surface area contributed by atoms with Crippen molar-refractivity contribution in [1.29, 1.82) is 0 Å². The van der Waals surface area contributed by atoms with Crippen molar-refractivity contribution < 1.29 is 5.11 Å². The Hall–Kier alpha value is -0.800. The second kappa shape index (κ2) is 4.60. The summed E-state index contributed by atoms with van der Waals surface area (Å²) >= 11 is 0. The third-order valence-electron chi connectivity index (χ3n) is 3.88. The highest BCUT2D eigenvalue weighted by atomic mass is 16.3. The molecule has 0 spiro atoms. The minimum absolute atomic E-state index is 0.157. The molecule has 0 unspecified atom stereocenters. The molecule has 1 saturated heterocycles. The quantitative estimate of drug-likeness (QED) is 0.842. The molecular weight excluding hydrogens is 200 g/mol. The molecule has 1 fully saturated rings. The predicted molar refractivity (Wildman–Crippen MR) is 65.1 cm³/mol. The smallest absolute Gasteiger partial charge is 0.0485 e. The fraction of sp³-hybridized carbons (Fsp3) is 0.692. The lowest BCUT2D eigenvalue weighted by atomic mass is 9.81. The molecule has 0 atom stereocenters. The summed E-state index contributed by atoms with van der Waals surface area (Å²) < 4.78 is 2.18. The zero-order chi connectivity index (χ0) is 11.6. The Morgan fingerprint density at radius 2 is 2.06 bits per heavy atom. The van der Waals surface area contributed by atoms with Gasteiger partial charge < -0.3 is 9.67 Å². The first-order valence-corrected chi connectivity index (χ1v) is 6.06. The van der Waals surface area contributed by atoms with Gasteiger partial charge in [0.15, 0.2) is 0 Å². The van der Waals surface area contributed by atoms with Crippen LogP contribution < -0.4 is 0 Å². The maximum absolute atomic E-state index is 9.31. The molecule has 0 aromatic carbocycles. The van der Waals surface area contributed by atoms with Gasteiger partial charge in [0.25, 0.3) is 0 Å². The van der Waals surface area contributed by atoms with E-state index in [1.54, 1.807) is 0 Å². The predicted octanol–water partition coefficient (Wildman–Crippen LogP) is 1.62. The summed E-state index contributed by atoms with van der Waals surface area (Å²) in [6.45, 7) is 5.74. The van der Waals surface area contributed by atoms with Crippen molar-refractivity contribution in [2.45, 2.75) is 26.3 Å². The lowest BCUT2D eigenvalue weighted by Crippen LogP contribution is -2.40. The van der Waals surface area contributed by atoms with E-state index in [1.165, 1.54) is 5.69 Å². The van der Waals surface area contributed by atoms with Crippen LogP contribution >= 0.6 is 0 Å². The summed E-state index contributed by atoms with van der Waals surface area (Å²) in [6, 6.07) is 4.27. The highest BCUT2D eigenvalue weighted by molar-refractivity contribution is 5.06. The zero-order valence-electron chi connectivity index (χ0n) is 10.3. The number of aliphatic hydroxyl groups excluding tert-OH is 1. The van der Waals surface area contributed by atoms with E-state index in [-0.39, 0.29) is 5.41 Å². The van der Waals surface area contributed by atoms with Crippen molar-refractivity contribution in [3.05, 3.63) is 24.0 Å². The van der Waals surface area contributed by atoms with Crippen molar-refractivity contribution in [3.63, 3.8) is 0 Å². The number of likely N-dealkylation sites (tertiary alicyclic amines) is 1. The number of piperidine rings is 1. The minimum atomic E-state index is 0.157. The summed E-state index contributed by atoms with van der Waals surface area (Å²) in [7, 11) is 2.09. The molecule has 1 aliphatic heterocycles. The fourth-order valence-electron chi connectivity index (χ4n) is 2.30. The average molecular weight is 222 g/mol. The second-order valence-electron chi connectivity index (χ2n) is 5.36. The maximum Gasteiger partial charge on any atom is 0.0485 e. The Balaban J connectivity index is 1.88. The molecule has 3 heteroatoms. The van der Waals surface area contributed by atoms with Gasteiger partial charge in [0.05, 0.1) is 0 Å². The number of nitrogens with zero attached hydrogens (tertiary/aromatic N) is 2. The van der Waals surface area contributed by atoms with Crippen LogP contribution in [0.4, 0.5) is 0 Å². The first kappa shape index (κ1) is 11.7. The molecule has 1 aliphatic rings. The Kier molecular flexibility index (Phi) is 3.36. The highest BCUT2D eigenvalue weighted by Gasteiger charge is 2.29. The Morgan fingerprint density at radius 1 is 1.38 bits per heavy atom. The topological polar surface area (TPSA) is 28.4 Å². The molecule has 2 heterocycles. The normalized spacial score (nSPS) is 21.2. The van der Waals surface area contributed by atoms with Crippen LogP contribution in [0.25, 0.3) is 0 Å². The molecule has 0 saturated carbocycles. The molecule has 2 rings (SSSR count). The number of hydrogen-bond acceptors (Lipinski definition) is 2. The van der Waals surface area contributed by atoms with Crippen LogP contribution in [0.15, 0.2) is 18.3 Å². The van der Waals surface area contributed by atoms with Gasteiger partial charge in [0, 0.05) is 32.1 Å². The van der Waals surface area contributed by atoms with E-state index in [9.17, 15) is 5.11 Å². The molecule has 1 aromatic heterocycles. The summed E-state index contributed by atoms with van der Waals surface area (Å²) in [4.78, 5) is 2.48. The summed E-state index contributed by atoms with van der Waals surface area (Å²) in [5.74, 6) is 0. The van der Waals surface area contributed by atoms with Gasteiger partial charge in [0.2, 0.25) is 0 Å². The van der Waals surface area contributed by atoms with Crippen molar-refractivity contribution >= 4 is 0 Å². The third-order valence-corrected chi connectivity index (χ3v) is 3.88. The SMILES string of the molecule is Cn1cccc1CN1CCC(C)(CO)CC1. The molecule has 0 amide bonds. The maximum atomic E-state index is 9.31. The van der Waals surface area contributed by atoms with Crippen molar-refractivity contribution in [1.82, 2.24) is 9.47 Å². The van der Waals surface area contributed by atoms with E-state index in [0.29, 0.717) is 6.61 Å². The molecule has 1 aromatic rings. The molecule has 1 N–H and O–H groups in total. The molecule has 16 heavy (non-hydrogen) atoms. The van der Waals surface area contributed by atoms with E-state index >= 15 is 0 Å². The van der Waals surface area contributed by atoms with E-state index in [1.807, 2.05) is 0 Å². The number of aryl methyl sites for hydroxylation is 1. The van der Waals surface area contributed by atoms with Gasteiger partial charge >= 0.3 is 0 Å². The van der Waals surface area contributed by atoms with E-state index < -0.39 is 0 Å². The van der Waals surface area contributed by atoms with E-state index in [4.69, 9.17) is 0 Å². The third kappa shape index (κ3) is 2.47. The van der Waals surface area contributed by atoms with Gasteiger partial charge in [-0.15, -0.1) is 0 Å². The van der Waals surface area contributed by atoms with Crippen LogP contribution in [0.3, 0.4) is 0 Å². The van der Waals surface area contributed by atoms with Crippen LogP contribution in [0.5, 0.6) is 0 Å². The lowest BCUT2D eigenvalue weighted by molar-refractivity contribution is 0.0549. The number of aromatic nitrogens is 1. The first-order valence-electron chi connectivity index (χ1n) is 6.06.